The van der Waals surface area contributed by atoms with E-state index < -0.39 is 0 Å². The fourth-order valence-electron chi connectivity index (χ4n) is 3.60. The van der Waals surface area contributed by atoms with Gasteiger partial charge in [0, 0.05) is 45.5 Å². The highest BCUT2D eigenvalue weighted by Gasteiger charge is 2.22. The minimum absolute atomic E-state index is 0.680. The summed E-state index contributed by atoms with van der Waals surface area (Å²) in [6.07, 6.45) is 1.86. The van der Waals surface area contributed by atoms with Gasteiger partial charge in [-0.05, 0) is 25.1 Å². The van der Waals surface area contributed by atoms with E-state index in [9.17, 15) is 0 Å². The van der Waals surface area contributed by atoms with E-state index in [2.05, 4.69) is 31.8 Å². The van der Waals surface area contributed by atoms with Crippen LogP contribution in [0.15, 0.2) is 36.5 Å². The average Bonchev–Trinajstić information content (AvgIpc) is 2.75. The van der Waals surface area contributed by atoms with E-state index in [-0.39, 0.29) is 0 Å². The SMILES string of the molecule is CCOc1ccccc1N1CCN(c2nccc(N3CCOCC3)n2)CC1. The third kappa shape index (κ3) is 4.08. The number of ether oxygens (including phenoxy) is 2. The normalized spacial score (nSPS) is 17.9. The van der Waals surface area contributed by atoms with Crippen molar-refractivity contribution < 1.29 is 9.47 Å². The number of nitrogens with zero attached hydrogens (tertiary/aromatic N) is 5. The first kappa shape index (κ1) is 17.9. The molecule has 0 spiro atoms. The number of rotatable bonds is 5. The van der Waals surface area contributed by atoms with Crippen LogP contribution < -0.4 is 19.4 Å². The Labute approximate surface area is 160 Å². The van der Waals surface area contributed by atoms with Gasteiger partial charge in [0.1, 0.15) is 11.6 Å². The summed E-state index contributed by atoms with van der Waals surface area (Å²) >= 11 is 0. The van der Waals surface area contributed by atoms with Crippen LogP contribution in [0.1, 0.15) is 6.92 Å². The van der Waals surface area contributed by atoms with Gasteiger partial charge in [-0.1, -0.05) is 12.1 Å². The Hall–Kier alpha value is -2.54. The monoisotopic (exact) mass is 369 g/mol. The standard InChI is InChI=1S/C20H27N5O2/c1-2-27-18-6-4-3-5-17(18)23-9-11-25(12-10-23)20-21-8-7-19(22-20)24-13-15-26-16-14-24/h3-8H,2,9-16H2,1H3. The van der Waals surface area contributed by atoms with Gasteiger partial charge in [-0.25, -0.2) is 4.98 Å². The Morgan fingerprint density at radius 2 is 1.67 bits per heavy atom. The van der Waals surface area contributed by atoms with Gasteiger partial charge in [0.15, 0.2) is 0 Å². The fourth-order valence-corrected chi connectivity index (χ4v) is 3.60. The Kier molecular flexibility index (Phi) is 5.58. The van der Waals surface area contributed by atoms with Crippen molar-refractivity contribution in [3.63, 3.8) is 0 Å². The molecule has 1 aromatic carbocycles. The first-order chi connectivity index (χ1) is 13.3. The maximum atomic E-state index is 5.79. The Bertz CT molecular complexity index is 743. The molecule has 2 aliphatic rings. The molecule has 0 saturated carbocycles. The van der Waals surface area contributed by atoms with Crippen LogP contribution in [0.3, 0.4) is 0 Å². The van der Waals surface area contributed by atoms with Crippen molar-refractivity contribution in [3.05, 3.63) is 36.5 Å². The lowest BCUT2D eigenvalue weighted by atomic mass is 10.2. The molecule has 0 aliphatic carbocycles. The number of morpholine rings is 1. The minimum Gasteiger partial charge on any atom is -0.492 e. The van der Waals surface area contributed by atoms with E-state index in [0.717, 1.165) is 70.0 Å². The van der Waals surface area contributed by atoms with Gasteiger partial charge in [-0.3, -0.25) is 0 Å². The zero-order valence-corrected chi connectivity index (χ0v) is 15.9. The molecule has 7 nitrogen and oxygen atoms in total. The first-order valence-electron chi connectivity index (χ1n) is 9.72. The van der Waals surface area contributed by atoms with Gasteiger partial charge < -0.3 is 24.2 Å². The van der Waals surface area contributed by atoms with Crippen LogP contribution in [0, 0.1) is 0 Å². The lowest BCUT2D eigenvalue weighted by Gasteiger charge is -2.37. The topological polar surface area (TPSA) is 54.0 Å². The number of para-hydroxylation sites is 2. The highest BCUT2D eigenvalue weighted by atomic mass is 16.5. The molecule has 0 atom stereocenters. The van der Waals surface area contributed by atoms with Crippen molar-refractivity contribution in [1.29, 1.82) is 0 Å². The summed E-state index contributed by atoms with van der Waals surface area (Å²) in [6.45, 7) is 9.64. The van der Waals surface area contributed by atoms with E-state index in [0.29, 0.717) is 6.61 Å². The Morgan fingerprint density at radius 1 is 0.926 bits per heavy atom. The van der Waals surface area contributed by atoms with Gasteiger partial charge in [0.25, 0.3) is 0 Å². The molecule has 4 rings (SSSR count). The second-order valence-corrected chi connectivity index (χ2v) is 6.69. The Balaban J connectivity index is 1.42. The summed E-state index contributed by atoms with van der Waals surface area (Å²) in [5, 5.41) is 0. The molecule has 1 aromatic heterocycles. The van der Waals surface area contributed by atoms with Crippen LogP contribution >= 0.6 is 0 Å². The zero-order chi connectivity index (χ0) is 18.5. The zero-order valence-electron chi connectivity index (χ0n) is 15.9. The predicted octanol–water partition coefficient (Wildman–Crippen LogP) is 2.04. The Morgan fingerprint density at radius 3 is 2.44 bits per heavy atom. The molecule has 2 fully saturated rings. The molecular weight excluding hydrogens is 342 g/mol. The maximum Gasteiger partial charge on any atom is 0.227 e. The van der Waals surface area contributed by atoms with Crippen LogP contribution in [0.25, 0.3) is 0 Å². The lowest BCUT2D eigenvalue weighted by molar-refractivity contribution is 0.122. The quantitative estimate of drug-likeness (QED) is 0.799. The van der Waals surface area contributed by atoms with Crippen molar-refractivity contribution in [3.8, 4) is 5.75 Å². The lowest BCUT2D eigenvalue weighted by Crippen LogP contribution is -2.47. The molecule has 0 radical (unpaired) electrons. The number of aromatic nitrogens is 2. The maximum absolute atomic E-state index is 5.79. The summed E-state index contributed by atoms with van der Waals surface area (Å²) < 4.78 is 11.2. The molecule has 0 amide bonds. The molecule has 27 heavy (non-hydrogen) atoms. The molecule has 7 heteroatoms. The molecule has 3 heterocycles. The van der Waals surface area contributed by atoms with E-state index in [1.165, 1.54) is 5.69 Å². The van der Waals surface area contributed by atoms with Gasteiger partial charge >= 0.3 is 0 Å². The highest BCUT2D eigenvalue weighted by molar-refractivity contribution is 5.59. The molecular formula is C20H27N5O2. The van der Waals surface area contributed by atoms with Crippen molar-refractivity contribution >= 4 is 17.5 Å². The summed E-state index contributed by atoms with van der Waals surface area (Å²) in [5.41, 5.74) is 1.17. The van der Waals surface area contributed by atoms with Gasteiger partial charge in [0.05, 0.1) is 25.5 Å². The summed E-state index contributed by atoms with van der Waals surface area (Å²) in [5.74, 6) is 2.77. The van der Waals surface area contributed by atoms with E-state index in [1.807, 2.05) is 31.3 Å². The third-order valence-corrected chi connectivity index (χ3v) is 5.03. The third-order valence-electron chi connectivity index (χ3n) is 5.03. The molecule has 0 N–H and O–H groups in total. The summed E-state index contributed by atoms with van der Waals surface area (Å²) in [6, 6.07) is 10.3. The largest absolute Gasteiger partial charge is 0.492 e. The van der Waals surface area contributed by atoms with Gasteiger partial charge in [-0.2, -0.15) is 4.98 Å². The van der Waals surface area contributed by atoms with Crippen molar-refractivity contribution in [1.82, 2.24) is 9.97 Å². The van der Waals surface area contributed by atoms with E-state index in [4.69, 9.17) is 14.5 Å². The van der Waals surface area contributed by atoms with Crippen molar-refractivity contribution in [2.75, 3.05) is 73.8 Å². The van der Waals surface area contributed by atoms with E-state index >= 15 is 0 Å². The number of piperazine rings is 1. The summed E-state index contributed by atoms with van der Waals surface area (Å²) in [7, 11) is 0. The van der Waals surface area contributed by atoms with Crippen LogP contribution in [0.4, 0.5) is 17.5 Å². The molecule has 0 unspecified atom stereocenters. The van der Waals surface area contributed by atoms with Gasteiger partial charge in [-0.15, -0.1) is 0 Å². The van der Waals surface area contributed by atoms with E-state index in [1.54, 1.807) is 0 Å². The fraction of sp³-hybridized carbons (Fsp3) is 0.500. The average molecular weight is 369 g/mol. The molecule has 2 aliphatic heterocycles. The summed E-state index contributed by atoms with van der Waals surface area (Å²) in [4.78, 5) is 16.2. The van der Waals surface area contributed by atoms with Gasteiger partial charge in [0.2, 0.25) is 5.95 Å². The first-order valence-corrected chi connectivity index (χ1v) is 9.72. The highest BCUT2D eigenvalue weighted by Crippen LogP contribution is 2.29. The number of hydrogen-bond donors (Lipinski definition) is 0. The van der Waals surface area contributed by atoms with Crippen LogP contribution in [-0.4, -0.2) is 69.1 Å². The second-order valence-electron chi connectivity index (χ2n) is 6.69. The number of anilines is 3. The minimum atomic E-state index is 0.680. The molecule has 144 valence electrons. The number of benzene rings is 1. The van der Waals surface area contributed by atoms with Crippen LogP contribution in [-0.2, 0) is 4.74 Å². The second kappa shape index (κ2) is 8.43. The van der Waals surface area contributed by atoms with Crippen molar-refractivity contribution in [2.45, 2.75) is 6.92 Å². The number of hydrogen-bond acceptors (Lipinski definition) is 7. The van der Waals surface area contributed by atoms with Crippen LogP contribution in [0.5, 0.6) is 5.75 Å². The molecule has 0 bridgehead atoms. The molecule has 2 aromatic rings. The van der Waals surface area contributed by atoms with Crippen molar-refractivity contribution in [2.24, 2.45) is 0 Å². The smallest absolute Gasteiger partial charge is 0.227 e. The van der Waals surface area contributed by atoms with Crippen LogP contribution in [0.2, 0.25) is 0 Å². The molecule has 2 saturated heterocycles. The predicted molar refractivity (Wildman–Crippen MR) is 107 cm³/mol.